The minimum atomic E-state index is -0.523. The van der Waals surface area contributed by atoms with Crippen molar-refractivity contribution in [1.82, 2.24) is 0 Å². The molecule has 0 saturated carbocycles. The molecule has 0 bridgehead atoms. The summed E-state index contributed by atoms with van der Waals surface area (Å²) in [5.74, 6) is 0. The summed E-state index contributed by atoms with van der Waals surface area (Å²) >= 11 is 5.77. The highest BCUT2D eigenvalue weighted by Crippen LogP contribution is 2.19. The maximum absolute atomic E-state index is 9.84. The van der Waals surface area contributed by atoms with Crippen LogP contribution in [0, 0.1) is 0 Å². The zero-order chi connectivity index (χ0) is 10.7. The lowest BCUT2D eigenvalue weighted by atomic mass is 10.0. The Bertz CT molecular complexity index is 406. The fourth-order valence-corrected chi connectivity index (χ4v) is 1.55. The Hall–Kier alpha value is -1.25. The van der Waals surface area contributed by atoms with E-state index in [-0.39, 0.29) is 0 Å². The third-order valence-electron chi connectivity index (χ3n) is 2.27. The summed E-state index contributed by atoms with van der Waals surface area (Å²) in [6.07, 6.45) is 3.16. The first kappa shape index (κ1) is 10.3. The summed E-state index contributed by atoms with van der Waals surface area (Å²) in [6.45, 7) is 0. The van der Waals surface area contributed by atoms with Gasteiger partial charge in [-0.15, -0.1) is 0 Å². The van der Waals surface area contributed by atoms with Gasteiger partial charge in [0.25, 0.3) is 0 Å². The first-order valence-electron chi connectivity index (χ1n) is 4.70. The largest absolute Gasteiger partial charge is 0.472 e. The predicted octanol–water partition coefficient (Wildman–Crippen LogP) is 3.21. The van der Waals surface area contributed by atoms with Gasteiger partial charge < -0.3 is 9.52 Å². The molecule has 1 aromatic carbocycles. The molecule has 2 nitrogen and oxygen atoms in total. The Balaban J connectivity index is 2.06. The Morgan fingerprint density at radius 2 is 1.93 bits per heavy atom. The van der Waals surface area contributed by atoms with Crippen molar-refractivity contribution in [2.75, 3.05) is 0 Å². The molecule has 1 unspecified atom stereocenters. The van der Waals surface area contributed by atoms with E-state index in [4.69, 9.17) is 16.0 Å². The maximum Gasteiger partial charge on any atom is 0.0960 e. The molecule has 0 saturated heterocycles. The summed E-state index contributed by atoms with van der Waals surface area (Å²) in [5, 5.41) is 10.5. The molecule has 0 aliphatic carbocycles. The molecule has 1 N–H and O–H groups in total. The first-order valence-corrected chi connectivity index (χ1v) is 5.08. The van der Waals surface area contributed by atoms with Gasteiger partial charge in [0.05, 0.1) is 18.6 Å². The quantitative estimate of drug-likeness (QED) is 0.865. The highest BCUT2D eigenvalue weighted by atomic mass is 35.5. The van der Waals surface area contributed by atoms with E-state index in [1.165, 1.54) is 0 Å². The summed E-state index contributed by atoms with van der Waals surface area (Å²) in [7, 11) is 0. The number of hydrogen-bond donors (Lipinski definition) is 1. The zero-order valence-corrected chi connectivity index (χ0v) is 8.82. The van der Waals surface area contributed by atoms with Crippen LogP contribution in [0.25, 0.3) is 0 Å². The predicted molar refractivity (Wildman–Crippen MR) is 58.8 cm³/mol. The van der Waals surface area contributed by atoms with Gasteiger partial charge in [-0.1, -0.05) is 23.7 Å². The summed E-state index contributed by atoms with van der Waals surface area (Å²) in [4.78, 5) is 0. The Morgan fingerprint density at radius 1 is 1.20 bits per heavy atom. The fraction of sp³-hybridized carbons (Fsp3) is 0.167. The molecular formula is C12H11ClO2. The molecular weight excluding hydrogens is 212 g/mol. The maximum atomic E-state index is 9.84. The molecule has 0 amide bonds. The monoisotopic (exact) mass is 222 g/mol. The molecule has 0 radical (unpaired) electrons. The average molecular weight is 223 g/mol. The van der Waals surface area contributed by atoms with Gasteiger partial charge in [-0.25, -0.2) is 0 Å². The Kier molecular flexibility index (Phi) is 3.09. The SMILES string of the molecule is OC(Cc1ccc(Cl)cc1)c1ccoc1. The Labute approximate surface area is 93.1 Å². The van der Waals surface area contributed by atoms with Crippen LogP contribution in [0.15, 0.2) is 47.3 Å². The van der Waals surface area contributed by atoms with Crippen LogP contribution >= 0.6 is 11.6 Å². The van der Waals surface area contributed by atoms with Gasteiger partial charge in [-0.05, 0) is 23.8 Å². The van der Waals surface area contributed by atoms with Crippen LogP contribution in [0.2, 0.25) is 5.02 Å². The number of rotatable bonds is 3. The van der Waals surface area contributed by atoms with Crippen LogP contribution in [0.1, 0.15) is 17.2 Å². The second kappa shape index (κ2) is 4.51. The van der Waals surface area contributed by atoms with Gasteiger partial charge in [0.2, 0.25) is 0 Å². The van der Waals surface area contributed by atoms with Crippen molar-refractivity contribution in [3.05, 3.63) is 59.0 Å². The molecule has 15 heavy (non-hydrogen) atoms. The van der Waals surface area contributed by atoms with E-state index in [1.807, 2.05) is 24.3 Å². The van der Waals surface area contributed by atoms with Gasteiger partial charge in [0.15, 0.2) is 0 Å². The van der Waals surface area contributed by atoms with Gasteiger partial charge in [-0.3, -0.25) is 0 Å². The van der Waals surface area contributed by atoms with Crippen LogP contribution in [0.4, 0.5) is 0 Å². The normalized spacial score (nSPS) is 12.7. The molecule has 1 aromatic heterocycles. The third-order valence-corrected chi connectivity index (χ3v) is 2.52. The van der Waals surface area contributed by atoms with Crippen molar-refractivity contribution in [3.8, 4) is 0 Å². The van der Waals surface area contributed by atoms with Crippen LogP contribution in [0.3, 0.4) is 0 Å². The standard InChI is InChI=1S/C12H11ClO2/c13-11-3-1-9(2-4-11)7-12(14)10-5-6-15-8-10/h1-6,8,12,14H,7H2. The van der Waals surface area contributed by atoms with E-state index < -0.39 is 6.10 Å². The van der Waals surface area contributed by atoms with Gasteiger partial charge in [0.1, 0.15) is 0 Å². The van der Waals surface area contributed by atoms with E-state index in [0.29, 0.717) is 11.4 Å². The summed E-state index contributed by atoms with van der Waals surface area (Å²) in [5.41, 5.74) is 1.85. The third kappa shape index (κ3) is 2.61. The lowest BCUT2D eigenvalue weighted by molar-refractivity contribution is 0.177. The van der Waals surface area contributed by atoms with Crippen LogP contribution in [0.5, 0.6) is 0 Å². The minimum absolute atomic E-state index is 0.523. The first-order chi connectivity index (χ1) is 7.25. The molecule has 0 aliphatic heterocycles. The van der Waals surface area contributed by atoms with E-state index in [9.17, 15) is 5.11 Å². The fourth-order valence-electron chi connectivity index (χ4n) is 1.43. The van der Waals surface area contributed by atoms with Crippen LogP contribution < -0.4 is 0 Å². The molecule has 1 heterocycles. The number of benzene rings is 1. The summed E-state index contributed by atoms with van der Waals surface area (Å²) in [6, 6.07) is 9.22. The summed E-state index contributed by atoms with van der Waals surface area (Å²) < 4.78 is 4.91. The molecule has 2 aromatic rings. The number of hydrogen-bond acceptors (Lipinski definition) is 2. The highest BCUT2D eigenvalue weighted by molar-refractivity contribution is 6.30. The smallest absolute Gasteiger partial charge is 0.0960 e. The molecule has 1 atom stereocenters. The van der Waals surface area contributed by atoms with Gasteiger partial charge in [-0.2, -0.15) is 0 Å². The molecule has 3 heteroatoms. The van der Waals surface area contributed by atoms with E-state index in [2.05, 4.69) is 0 Å². The van der Waals surface area contributed by atoms with Gasteiger partial charge in [0, 0.05) is 17.0 Å². The van der Waals surface area contributed by atoms with E-state index in [0.717, 1.165) is 11.1 Å². The molecule has 0 aliphatic rings. The number of aliphatic hydroxyl groups excluding tert-OH is 1. The number of halogens is 1. The minimum Gasteiger partial charge on any atom is -0.472 e. The zero-order valence-electron chi connectivity index (χ0n) is 8.06. The molecule has 0 fully saturated rings. The van der Waals surface area contributed by atoms with Crippen LogP contribution in [-0.4, -0.2) is 5.11 Å². The van der Waals surface area contributed by atoms with Gasteiger partial charge >= 0.3 is 0 Å². The van der Waals surface area contributed by atoms with E-state index >= 15 is 0 Å². The van der Waals surface area contributed by atoms with Crippen molar-refractivity contribution in [1.29, 1.82) is 0 Å². The lowest BCUT2D eigenvalue weighted by Crippen LogP contribution is -1.99. The van der Waals surface area contributed by atoms with Crippen molar-refractivity contribution in [2.45, 2.75) is 12.5 Å². The van der Waals surface area contributed by atoms with E-state index in [1.54, 1.807) is 18.6 Å². The second-order valence-corrected chi connectivity index (χ2v) is 3.84. The Morgan fingerprint density at radius 3 is 2.53 bits per heavy atom. The number of furan rings is 1. The molecule has 0 spiro atoms. The van der Waals surface area contributed by atoms with Crippen LogP contribution in [-0.2, 0) is 6.42 Å². The van der Waals surface area contributed by atoms with Crippen molar-refractivity contribution < 1.29 is 9.52 Å². The van der Waals surface area contributed by atoms with Crippen molar-refractivity contribution in [3.63, 3.8) is 0 Å². The topological polar surface area (TPSA) is 33.4 Å². The number of aliphatic hydroxyl groups is 1. The second-order valence-electron chi connectivity index (χ2n) is 3.40. The average Bonchev–Trinajstić information content (AvgIpc) is 2.74. The molecule has 78 valence electrons. The van der Waals surface area contributed by atoms with Crippen molar-refractivity contribution in [2.24, 2.45) is 0 Å². The van der Waals surface area contributed by atoms with Crippen molar-refractivity contribution >= 4 is 11.6 Å². The molecule has 2 rings (SSSR count). The lowest BCUT2D eigenvalue weighted by Gasteiger charge is -2.07. The highest BCUT2D eigenvalue weighted by Gasteiger charge is 2.09.